The minimum Gasteiger partial charge on any atom is -0.397 e. The maximum absolute atomic E-state index is 12.6. The highest BCUT2D eigenvalue weighted by atomic mass is 35.5. The minimum absolute atomic E-state index is 0.0561. The Morgan fingerprint density at radius 2 is 2.03 bits per heavy atom. The number of nitrogens with zero attached hydrogens (tertiary/aromatic N) is 3. The average molecular weight is 434 g/mol. The quantitative estimate of drug-likeness (QED) is 0.732. The van der Waals surface area contributed by atoms with Gasteiger partial charge < -0.3 is 20.9 Å². The average Bonchev–Trinajstić information content (AvgIpc) is 3.08. The Morgan fingerprint density at radius 3 is 2.66 bits per heavy atom. The predicted octanol–water partition coefficient (Wildman–Crippen LogP) is 2.93. The second-order valence-electron chi connectivity index (χ2n) is 7.30. The van der Waals surface area contributed by atoms with Gasteiger partial charge in [0.1, 0.15) is 0 Å². The van der Waals surface area contributed by atoms with E-state index in [1.807, 2.05) is 24.1 Å². The van der Waals surface area contributed by atoms with E-state index < -0.39 is 0 Å². The molecule has 0 unspecified atom stereocenters. The van der Waals surface area contributed by atoms with Gasteiger partial charge in [-0.3, -0.25) is 9.78 Å². The van der Waals surface area contributed by atoms with Crippen molar-refractivity contribution in [3.63, 3.8) is 0 Å². The van der Waals surface area contributed by atoms with Crippen LogP contribution in [0.15, 0.2) is 42.7 Å². The fourth-order valence-corrected chi connectivity index (χ4v) is 3.85. The van der Waals surface area contributed by atoms with Crippen LogP contribution in [-0.2, 0) is 4.79 Å². The SMILES string of the molecule is CN1CC[C@H](NC(=O)CN(C)/C(=C(\N)c2ccc(Cl)cc2)c2ccncc2Cl)C1. The van der Waals surface area contributed by atoms with E-state index in [0.717, 1.165) is 25.1 Å². The summed E-state index contributed by atoms with van der Waals surface area (Å²) in [5.41, 5.74) is 9.20. The van der Waals surface area contributed by atoms with Crippen LogP contribution in [0.3, 0.4) is 0 Å². The van der Waals surface area contributed by atoms with Gasteiger partial charge in [0.15, 0.2) is 0 Å². The van der Waals surface area contributed by atoms with Crippen LogP contribution in [0, 0.1) is 0 Å². The lowest BCUT2D eigenvalue weighted by molar-refractivity contribution is -0.121. The molecule has 2 heterocycles. The molecule has 1 saturated heterocycles. The summed E-state index contributed by atoms with van der Waals surface area (Å²) in [6.45, 7) is 2.01. The summed E-state index contributed by atoms with van der Waals surface area (Å²) in [7, 11) is 3.88. The van der Waals surface area contributed by atoms with Gasteiger partial charge in [0.05, 0.1) is 23.0 Å². The third-order valence-electron chi connectivity index (χ3n) is 4.96. The molecule has 3 rings (SSSR count). The highest BCUT2D eigenvalue weighted by Gasteiger charge is 2.23. The molecule has 0 radical (unpaired) electrons. The lowest BCUT2D eigenvalue weighted by Gasteiger charge is -2.26. The van der Waals surface area contributed by atoms with Crippen LogP contribution < -0.4 is 11.1 Å². The fraction of sp³-hybridized carbons (Fsp3) is 0.333. The molecule has 6 nitrogen and oxygen atoms in total. The van der Waals surface area contributed by atoms with E-state index in [-0.39, 0.29) is 18.5 Å². The van der Waals surface area contributed by atoms with Crippen molar-refractivity contribution in [1.82, 2.24) is 20.1 Å². The number of pyridine rings is 1. The topological polar surface area (TPSA) is 74.5 Å². The molecule has 2 aromatic rings. The first-order chi connectivity index (χ1) is 13.8. The van der Waals surface area contributed by atoms with E-state index in [4.69, 9.17) is 28.9 Å². The number of hydrogen-bond acceptors (Lipinski definition) is 5. The molecule has 1 fully saturated rings. The van der Waals surface area contributed by atoms with Gasteiger partial charge in [-0.15, -0.1) is 0 Å². The molecule has 154 valence electrons. The normalized spacial score (nSPS) is 17.7. The molecule has 1 atom stereocenters. The van der Waals surface area contributed by atoms with Gasteiger partial charge in [-0.05, 0) is 43.8 Å². The number of likely N-dealkylation sites (tertiary alicyclic amines) is 1. The summed E-state index contributed by atoms with van der Waals surface area (Å²) in [4.78, 5) is 20.7. The summed E-state index contributed by atoms with van der Waals surface area (Å²) in [6, 6.07) is 9.20. The molecule has 1 amide bonds. The number of carbonyl (C=O) groups is 1. The molecule has 1 aromatic carbocycles. The highest BCUT2D eigenvalue weighted by molar-refractivity contribution is 6.32. The van der Waals surface area contributed by atoms with Gasteiger partial charge in [0, 0.05) is 42.6 Å². The molecule has 3 N–H and O–H groups in total. The summed E-state index contributed by atoms with van der Waals surface area (Å²) in [6.07, 6.45) is 4.17. The van der Waals surface area contributed by atoms with Gasteiger partial charge in [-0.2, -0.15) is 0 Å². The van der Waals surface area contributed by atoms with E-state index in [1.165, 1.54) is 0 Å². The van der Waals surface area contributed by atoms with Gasteiger partial charge >= 0.3 is 0 Å². The predicted molar refractivity (Wildman–Crippen MR) is 118 cm³/mol. The largest absolute Gasteiger partial charge is 0.397 e. The zero-order chi connectivity index (χ0) is 21.0. The Labute approximate surface area is 181 Å². The van der Waals surface area contributed by atoms with Crippen molar-refractivity contribution in [2.75, 3.05) is 33.7 Å². The van der Waals surface area contributed by atoms with Crippen LogP contribution in [0.4, 0.5) is 0 Å². The Balaban J connectivity index is 1.88. The summed E-state index contributed by atoms with van der Waals surface area (Å²) in [5, 5.41) is 4.19. The van der Waals surface area contributed by atoms with Crippen molar-refractivity contribution in [1.29, 1.82) is 0 Å². The van der Waals surface area contributed by atoms with Gasteiger partial charge in [0.2, 0.25) is 5.91 Å². The second kappa shape index (κ2) is 9.48. The first-order valence-electron chi connectivity index (χ1n) is 9.39. The molecule has 1 aliphatic rings. The fourth-order valence-electron chi connectivity index (χ4n) is 3.51. The van der Waals surface area contributed by atoms with Gasteiger partial charge in [-0.1, -0.05) is 35.3 Å². The number of carbonyl (C=O) groups excluding carboxylic acids is 1. The summed E-state index contributed by atoms with van der Waals surface area (Å²) in [5.74, 6) is -0.0561. The van der Waals surface area contributed by atoms with E-state index >= 15 is 0 Å². The number of aromatic nitrogens is 1. The first kappa shape index (κ1) is 21.4. The number of nitrogens with two attached hydrogens (primary N) is 1. The molecular weight excluding hydrogens is 409 g/mol. The van der Waals surface area contributed by atoms with E-state index in [0.29, 0.717) is 27.0 Å². The maximum Gasteiger partial charge on any atom is 0.239 e. The Bertz CT molecular complexity index is 900. The van der Waals surface area contributed by atoms with Crippen molar-refractivity contribution in [3.8, 4) is 0 Å². The van der Waals surface area contributed by atoms with Crippen LogP contribution in [0.5, 0.6) is 0 Å². The van der Waals surface area contributed by atoms with Gasteiger partial charge in [0.25, 0.3) is 0 Å². The number of amides is 1. The number of nitrogens with one attached hydrogen (secondary N) is 1. The van der Waals surface area contributed by atoms with E-state index in [1.54, 1.807) is 30.6 Å². The van der Waals surface area contributed by atoms with Crippen LogP contribution in [-0.4, -0.2) is 60.5 Å². The number of halogens is 2. The van der Waals surface area contributed by atoms with Crippen molar-refractivity contribution < 1.29 is 4.79 Å². The second-order valence-corrected chi connectivity index (χ2v) is 8.14. The van der Waals surface area contributed by atoms with Crippen LogP contribution in [0.2, 0.25) is 10.0 Å². The number of likely N-dealkylation sites (N-methyl/N-ethyl adjacent to an activating group) is 2. The number of hydrogen-bond donors (Lipinski definition) is 2. The Kier molecular flexibility index (Phi) is 7.00. The lowest BCUT2D eigenvalue weighted by atomic mass is 10.1. The molecular formula is C21H25Cl2N5O. The monoisotopic (exact) mass is 433 g/mol. The third-order valence-corrected chi connectivity index (χ3v) is 5.51. The van der Waals surface area contributed by atoms with E-state index in [2.05, 4.69) is 22.2 Å². The first-order valence-corrected chi connectivity index (χ1v) is 10.2. The van der Waals surface area contributed by atoms with Crippen molar-refractivity contribution >= 4 is 40.5 Å². The molecule has 1 aromatic heterocycles. The van der Waals surface area contributed by atoms with Crippen LogP contribution >= 0.6 is 23.2 Å². The Hall–Kier alpha value is -2.28. The maximum atomic E-state index is 12.6. The van der Waals surface area contributed by atoms with Crippen molar-refractivity contribution in [3.05, 3.63) is 63.9 Å². The summed E-state index contributed by atoms with van der Waals surface area (Å²) >= 11 is 12.4. The smallest absolute Gasteiger partial charge is 0.239 e. The summed E-state index contributed by atoms with van der Waals surface area (Å²) < 4.78 is 0. The Morgan fingerprint density at radius 1 is 1.31 bits per heavy atom. The van der Waals surface area contributed by atoms with Crippen molar-refractivity contribution in [2.45, 2.75) is 12.5 Å². The standard InChI is InChI=1S/C21H25Cl2N5O/c1-27-10-8-16(12-27)26-19(29)13-28(2)21(17-7-9-25-11-18(17)23)20(24)14-3-5-15(22)6-4-14/h3-7,9,11,16H,8,10,12-13,24H2,1-2H3,(H,26,29)/b21-20-/t16-/m0/s1. The third kappa shape index (κ3) is 5.41. The zero-order valence-corrected chi connectivity index (χ0v) is 18.0. The molecule has 0 bridgehead atoms. The van der Waals surface area contributed by atoms with Crippen LogP contribution in [0.25, 0.3) is 11.4 Å². The molecule has 8 heteroatoms. The van der Waals surface area contributed by atoms with Crippen molar-refractivity contribution in [2.24, 2.45) is 5.73 Å². The molecule has 0 saturated carbocycles. The number of benzene rings is 1. The molecule has 1 aliphatic heterocycles. The molecule has 29 heavy (non-hydrogen) atoms. The molecule has 0 spiro atoms. The minimum atomic E-state index is -0.0561. The highest BCUT2D eigenvalue weighted by Crippen LogP contribution is 2.30. The lowest BCUT2D eigenvalue weighted by Crippen LogP contribution is -2.41. The molecule has 0 aliphatic carbocycles. The number of rotatable bonds is 6. The zero-order valence-electron chi connectivity index (χ0n) is 16.5. The van der Waals surface area contributed by atoms with Crippen LogP contribution in [0.1, 0.15) is 17.5 Å². The van der Waals surface area contributed by atoms with E-state index in [9.17, 15) is 4.79 Å². The van der Waals surface area contributed by atoms with Gasteiger partial charge in [-0.25, -0.2) is 0 Å².